The molecule has 0 aromatic heterocycles. The first-order chi connectivity index (χ1) is 8.19. The van der Waals surface area contributed by atoms with E-state index in [1.165, 1.54) is 0 Å². The molecule has 0 aromatic carbocycles. The summed E-state index contributed by atoms with van der Waals surface area (Å²) in [6.45, 7) is 5.23. The monoisotopic (exact) mass is 238 g/mol. The van der Waals surface area contributed by atoms with Crippen molar-refractivity contribution in [2.24, 2.45) is 0 Å². The average Bonchev–Trinajstić information content (AvgIpc) is 2.37. The van der Waals surface area contributed by atoms with Crippen molar-refractivity contribution in [2.75, 3.05) is 13.1 Å². The summed E-state index contributed by atoms with van der Waals surface area (Å²) in [5, 5.41) is 0. The molecule has 96 valence electrons. The highest BCUT2D eigenvalue weighted by molar-refractivity contribution is 5.95. The summed E-state index contributed by atoms with van der Waals surface area (Å²) < 4.78 is 0. The third-order valence-corrected chi connectivity index (χ3v) is 4.08. The Bertz CT molecular complexity index is 313. The zero-order valence-electron chi connectivity index (χ0n) is 10.8. The lowest BCUT2D eigenvalue weighted by molar-refractivity contribution is -0.160. The van der Waals surface area contributed by atoms with Gasteiger partial charge in [0.15, 0.2) is 0 Å². The van der Waals surface area contributed by atoms with E-state index in [9.17, 15) is 9.59 Å². The Kier molecular flexibility index (Phi) is 3.69. The van der Waals surface area contributed by atoms with E-state index in [1.54, 1.807) is 4.90 Å². The smallest absolute Gasteiger partial charge is 0.246 e. The van der Waals surface area contributed by atoms with Crippen LogP contribution in [-0.2, 0) is 9.59 Å². The van der Waals surface area contributed by atoms with Crippen molar-refractivity contribution >= 4 is 11.8 Å². The molecule has 2 fully saturated rings. The van der Waals surface area contributed by atoms with E-state index in [2.05, 4.69) is 13.8 Å². The number of nitrogens with zero attached hydrogens (tertiary/aromatic N) is 2. The summed E-state index contributed by atoms with van der Waals surface area (Å²) in [5.74, 6) is 0.319. The molecule has 1 unspecified atom stereocenters. The van der Waals surface area contributed by atoms with Gasteiger partial charge in [-0.05, 0) is 32.1 Å². The average molecular weight is 238 g/mol. The maximum Gasteiger partial charge on any atom is 0.246 e. The van der Waals surface area contributed by atoms with E-state index in [0.717, 1.165) is 38.6 Å². The second-order valence-electron chi connectivity index (χ2n) is 5.04. The van der Waals surface area contributed by atoms with Gasteiger partial charge in [-0.15, -0.1) is 0 Å². The third kappa shape index (κ3) is 2.17. The van der Waals surface area contributed by atoms with Gasteiger partial charge in [-0.1, -0.05) is 13.8 Å². The Morgan fingerprint density at radius 2 is 1.94 bits per heavy atom. The highest BCUT2D eigenvalue weighted by atomic mass is 16.2. The summed E-state index contributed by atoms with van der Waals surface area (Å²) in [5.41, 5.74) is 0. The lowest BCUT2D eigenvalue weighted by Crippen LogP contribution is -2.63. The maximum absolute atomic E-state index is 12.4. The van der Waals surface area contributed by atoms with E-state index in [4.69, 9.17) is 0 Å². The van der Waals surface area contributed by atoms with Crippen LogP contribution in [0.15, 0.2) is 0 Å². The van der Waals surface area contributed by atoms with Gasteiger partial charge < -0.3 is 9.80 Å². The van der Waals surface area contributed by atoms with Crippen molar-refractivity contribution in [3.8, 4) is 0 Å². The van der Waals surface area contributed by atoms with E-state index in [-0.39, 0.29) is 23.9 Å². The summed E-state index contributed by atoms with van der Waals surface area (Å²) in [6.07, 6.45) is 4.82. The molecular formula is C13H22N2O2. The van der Waals surface area contributed by atoms with Crippen molar-refractivity contribution in [1.82, 2.24) is 9.80 Å². The molecular weight excluding hydrogens is 216 g/mol. The van der Waals surface area contributed by atoms with E-state index in [0.29, 0.717) is 6.54 Å². The summed E-state index contributed by atoms with van der Waals surface area (Å²) in [4.78, 5) is 28.1. The van der Waals surface area contributed by atoms with Gasteiger partial charge >= 0.3 is 0 Å². The van der Waals surface area contributed by atoms with E-state index >= 15 is 0 Å². The summed E-state index contributed by atoms with van der Waals surface area (Å²) >= 11 is 0. The fourth-order valence-corrected chi connectivity index (χ4v) is 3.03. The number of piperidine rings is 1. The molecule has 4 nitrogen and oxygen atoms in total. The zero-order valence-corrected chi connectivity index (χ0v) is 10.8. The molecule has 0 saturated carbocycles. The molecule has 0 bridgehead atoms. The molecule has 2 saturated heterocycles. The Labute approximate surface area is 103 Å². The summed E-state index contributed by atoms with van der Waals surface area (Å²) in [7, 11) is 0. The number of fused-ring (bicyclic) bond motifs is 1. The van der Waals surface area contributed by atoms with Crippen LogP contribution in [0.5, 0.6) is 0 Å². The number of amides is 2. The minimum Gasteiger partial charge on any atom is -0.329 e. The van der Waals surface area contributed by atoms with Crippen LogP contribution in [0.2, 0.25) is 0 Å². The number of rotatable bonds is 3. The van der Waals surface area contributed by atoms with Gasteiger partial charge in [0.05, 0.1) is 0 Å². The first-order valence-electron chi connectivity index (χ1n) is 6.79. The fourth-order valence-electron chi connectivity index (χ4n) is 3.03. The van der Waals surface area contributed by atoms with Crippen molar-refractivity contribution in [2.45, 2.75) is 58.0 Å². The normalized spacial score (nSPS) is 25.5. The van der Waals surface area contributed by atoms with Crippen LogP contribution < -0.4 is 0 Å². The van der Waals surface area contributed by atoms with Gasteiger partial charge in [0, 0.05) is 12.6 Å². The highest BCUT2D eigenvalue weighted by Gasteiger charge is 2.41. The lowest BCUT2D eigenvalue weighted by atomic mass is 9.96. The molecule has 1 atom stereocenters. The predicted octanol–water partition coefficient (Wildman–Crippen LogP) is 1.40. The van der Waals surface area contributed by atoms with Gasteiger partial charge in [0.2, 0.25) is 11.8 Å². The minimum atomic E-state index is -0.161. The quantitative estimate of drug-likeness (QED) is 0.745. The third-order valence-electron chi connectivity index (χ3n) is 4.08. The minimum absolute atomic E-state index is 0.140. The first-order valence-corrected chi connectivity index (χ1v) is 6.79. The van der Waals surface area contributed by atoms with Gasteiger partial charge in [0.1, 0.15) is 12.6 Å². The highest BCUT2D eigenvalue weighted by Crippen LogP contribution is 2.25. The first kappa shape index (κ1) is 12.4. The SMILES string of the molecule is CCC(CC)N1CC(=O)N2CCCCC2C1=O. The van der Waals surface area contributed by atoms with Gasteiger partial charge in [0.25, 0.3) is 0 Å². The predicted molar refractivity (Wildman–Crippen MR) is 65.4 cm³/mol. The van der Waals surface area contributed by atoms with Crippen LogP contribution >= 0.6 is 0 Å². The van der Waals surface area contributed by atoms with Crippen molar-refractivity contribution in [3.63, 3.8) is 0 Å². The van der Waals surface area contributed by atoms with Gasteiger partial charge in [-0.25, -0.2) is 0 Å². The molecule has 17 heavy (non-hydrogen) atoms. The number of hydrogen-bond donors (Lipinski definition) is 0. The molecule has 2 aliphatic heterocycles. The maximum atomic E-state index is 12.4. The number of hydrogen-bond acceptors (Lipinski definition) is 2. The zero-order chi connectivity index (χ0) is 12.4. The van der Waals surface area contributed by atoms with Crippen molar-refractivity contribution in [3.05, 3.63) is 0 Å². The van der Waals surface area contributed by atoms with Crippen LogP contribution in [0.3, 0.4) is 0 Å². The molecule has 2 amide bonds. The molecule has 0 N–H and O–H groups in total. The fraction of sp³-hybridized carbons (Fsp3) is 0.846. The Morgan fingerprint density at radius 1 is 1.24 bits per heavy atom. The lowest BCUT2D eigenvalue weighted by Gasteiger charge is -2.45. The molecule has 4 heteroatoms. The molecule has 0 radical (unpaired) electrons. The van der Waals surface area contributed by atoms with E-state index in [1.807, 2.05) is 4.90 Å². The van der Waals surface area contributed by atoms with Crippen molar-refractivity contribution in [1.29, 1.82) is 0 Å². The number of carbonyl (C=O) groups excluding carboxylic acids is 2. The largest absolute Gasteiger partial charge is 0.329 e. The van der Waals surface area contributed by atoms with Crippen LogP contribution in [0, 0.1) is 0 Å². The van der Waals surface area contributed by atoms with Crippen LogP contribution in [0.4, 0.5) is 0 Å². The van der Waals surface area contributed by atoms with Crippen molar-refractivity contribution < 1.29 is 9.59 Å². The molecule has 2 heterocycles. The second kappa shape index (κ2) is 5.07. The topological polar surface area (TPSA) is 40.6 Å². The van der Waals surface area contributed by atoms with Crippen LogP contribution in [-0.4, -0.2) is 46.8 Å². The van der Waals surface area contributed by atoms with E-state index < -0.39 is 0 Å². The van der Waals surface area contributed by atoms with Crippen LogP contribution in [0.25, 0.3) is 0 Å². The Hall–Kier alpha value is -1.06. The molecule has 0 aliphatic carbocycles. The van der Waals surface area contributed by atoms with Gasteiger partial charge in [-0.3, -0.25) is 9.59 Å². The molecule has 2 aliphatic rings. The standard InChI is InChI=1S/C13H22N2O2/c1-3-10(4-2)15-9-12(16)14-8-6-5-7-11(14)13(15)17/h10-11H,3-9H2,1-2H3. The molecule has 2 rings (SSSR count). The number of carbonyl (C=O) groups is 2. The Morgan fingerprint density at radius 3 is 2.59 bits per heavy atom. The molecule has 0 aromatic rings. The Balaban J connectivity index is 2.16. The van der Waals surface area contributed by atoms with Crippen LogP contribution in [0.1, 0.15) is 46.0 Å². The second-order valence-corrected chi connectivity index (χ2v) is 5.04. The summed E-state index contributed by atoms with van der Waals surface area (Å²) in [6, 6.07) is 0.0705. The van der Waals surface area contributed by atoms with Gasteiger partial charge in [-0.2, -0.15) is 0 Å². The number of piperazine rings is 1. The molecule has 0 spiro atoms.